The number of halogens is 1. The number of phenolic OH excluding ortho intramolecular Hbond substituents is 1. The number of aromatic hydroxyl groups is 1. The average Bonchev–Trinajstić information content (AvgIpc) is 2.57. The molecule has 0 aliphatic heterocycles. The Hall–Kier alpha value is -1.72. The summed E-state index contributed by atoms with van der Waals surface area (Å²) in [6, 6.07) is 14.1. The molecule has 3 rings (SSSR count). The molecular formula is C19H16ClNNaO3. The summed E-state index contributed by atoms with van der Waals surface area (Å²) in [6.45, 7) is 1.84. The van der Waals surface area contributed by atoms with E-state index in [9.17, 15) is 9.90 Å². The van der Waals surface area contributed by atoms with Gasteiger partial charge in [0.1, 0.15) is 11.5 Å². The van der Waals surface area contributed by atoms with Crippen molar-refractivity contribution < 1.29 is 14.6 Å². The molecule has 4 nitrogen and oxygen atoms in total. The predicted molar refractivity (Wildman–Crippen MR) is 102 cm³/mol. The maximum atomic E-state index is 12.6. The number of carbonyl (C=O) groups is 1. The van der Waals surface area contributed by atoms with Gasteiger partial charge in [0.2, 0.25) is 0 Å². The van der Waals surface area contributed by atoms with Crippen molar-refractivity contribution in [3.8, 4) is 11.5 Å². The predicted octanol–water partition coefficient (Wildman–Crippen LogP) is 4.39. The number of benzene rings is 3. The summed E-state index contributed by atoms with van der Waals surface area (Å²) < 4.78 is 5.26. The minimum absolute atomic E-state index is 0. The SMILES string of the molecule is COc1cc(Cl)c(C)cc1NC(=O)c1cc2ccccc2cc1O.[Na]. The van der Waals surface area contributed by atoms with Crippen LogP contribution in [0.25, 0.3) is 10.8 Å². The normalized spacial score (nSPS) is 10.2. The van der Waals surface area contributed by atoms with Crippen molar-refractivity contribution in [3.05, 3.63) is 64.7 Å². The molecule has 0 heterocycles. The smallest absolute Gasteiger partial charge is 0.259 e. The van der Waals surface area contributed by atoms with Crippen LogP contribution in [0.4, 0.5) is 5.69 Å². The molecule has 0 aliphatic carbocycles. The van der Waals surface area contributed by atoms with Gasteiger partial charge in [-0.3, -0.25) is 4.79 Å². The van der Waals surface area contributed by atoms with Gasteiger partial charge in [0, 0.05) is 40.6 Å². The Kier molecular flexibility index (Phi) is 6.36. The molecule has 25 heavy (non-hydrogen) atoms. The summed E-state index contributed by atoms with van der Waals surface area (Å²) in [5.74, 6) is -0.0339. The molecule has 6 heteroatoms. The number of ether oxygens (including phenoxy) is 1. The van der Waals surface area contributed by atoms with E-state index in [4.69, 9.17) is 16.3 Å². The Morgan fingerprint density at radius 1 is 1.12 bits per heavy atom. The first-order valence-electron chi connectivity index (χ1n) is 7.37. The number of methoxy groups -OCH3 is 1. The van der Waals surface area contributed by atoms with Crippen LogP contribution in [-0.4, -0.2) is 47.7 Å². The fourth-order valence-corrected chi connectivity index (χ4v) is 2.68. The van der Waals surface area contributed by atoms with Gasteiger partial charge in [0.15, 0.2) is 0 Å². The monoisotopic (exact) mass is 364 g/mol. The maximum Gasteiger partial charge on any atom is 0.259 e. The molecule has 0 aromatic heterocycles. The number of amides is 1. The zero-order chi connectivity index (χ0) is 17.3. The van der Waals surface area contributed by atoms with E-state index in [1.54, 1.807) is 24.3 Å². The van der Waals surface area contributed by atoms with Crippen molar-refractivity contribution in [3.63, 3.8) is 0 Å². The van der Waals surface area contributed by atoms with Crippen molar-refractivity contribution in [2.24, 2.45) is 0 Å². The van der Waals surface area contributed by atoms with E-state index < -0.39 is 5.91 Å². The van der Waals surface area contributed by atoms with Crippen molar-refractivity contribution in [2.75, 3.05) is 12.4 Å². The summed E-state index contributed by atoms with van der Waals surface area (Å²) in [6.07, 6.45) is 0. The number of phenols is 1. The van der Waals surface area contributed by atoms with Crippen LogP contribution in [0.1, 0.15) is 15.9 Å². The molecule has 1 radical (unpaired) electrons. The molecule has 123 valence electrons. The summed E-state index contributed by atoms with van der Waals surface area (Å²) in [4.78, 5) is 12.6. The Morgan fingerprint density at radius 3 is 2.40 bits per heavy atom. The van der Waals surface area contributed by atoms with Gasteiger partial charge >= 0.3 is 0 Å². The molecule has 0 unspecified atom stereocenters. The molecule has 0 aliphatic rings. The molecule has 0 atom stereocenters. The van der Waals surface area contributed by atoms with Gasteiger partial charge in [-0.15, -0.1) is 0 Å². The van der Waals surface area contributed by atoms with Crippen LogP contribution in [0.2, 0.25) is 5.02 Å². The van der Waals surface area contributed by atoms with Gasteiger partial charge in [-0.25, -0.2) is 0 Å². The van der Waals surface area contributed by atoms with Gasteiger partial charge in [0.25, 0.3) is 5.91 Å². The number of rotatable bonds is 3. The van der Waals surface area contributed by atoms with E-state index >= 15 is 0 Å². The van der Waals surface area contributed by atoms with E-state index in [0.717, 1.165) is 16.3 Å². The fraction of sp³-hybridized carbons (Fsp3) is 0.105. The molecule has 0 saturated carbocycles. The summed E-state index contributed by atoms with van der Waals surface area (Å²) in [5, 5.41) is 15.2. The van der Waals surface area contributed by atoms with Crippen LogP contribution >= 0.6 is 11.6 Å². The molecule has 3 aromatic rings. The molecule has 1 amide bonds. The van der Waals surface area contributed by atoms with Crippen molar-refractivity contribution in [2.45, 2.75) is 6.92 Å². The minimum atomic E-state index is -0.418. The second kappa shape index (κ2) is 8.11. The summed E-state index contributed by atoms with van der Waals surface area (Å²) in [5.41, 5.74) is 1.51. The number of carbonyl (C=O) groups excluding carboxylic acids is 1. The number of fused-ring (bicyclic) bond motifs is 1. The van der Waals surface area contributed by atoms with Crippen LogP contribution in [0.5, 0.6) is 11.5 Å². The molecule has 0 fully saturated rings. The summed E-state index contributed by atoms with van der Waals surface area (Å²) in [7, 11) is 1.50. The molecule has 0 saturated heterocycles. The quantitative estimate of drug-likeness (QED) is 0.678. The van der Waals surface area contributed by atoms with Crippen LogP contribution in [0.3, 0.4) is 0 Å². The molecule has 0 bridgehead atoms. The second-order valence-corrected chi connectivity index (χ2v) is 5.88. The zero-order valence-corrected chi connectivity index (χ0v) is 17.0. The molecular weight excluding hydrogens is 349 g/mol. The van der Waals surface area contributed by atoms with Crippen LogP contribution in [-0.2, 0) is 0 Å². The number of nitrogens with one attached hydrogen (secondary N) is 1. The summed E-state index contributed by atoms with van der Waals surface area (Å²) >= 11 is 6.08. The number of hydrogen-bond acceptors (Lipinski definition) is 3. The Morgan fingerprint density at radius 2 is 1.76 bits per heavy atom. The third-order valence-electron chi connectivity index (χ3n) is 3.84. The third kappa shape index (κ3) is 4.10. The second-order valence-electron chi connectivity index (χ2n) is 5.47. The van der Waals surface area contributed by atoms with E-state index in [2.05, 4.69) is 5.32 Å². The Labute approximate surface area is 173 Å². The first-order chi connectivity index (χ1) is 11.5. The standard InChI is InChI=1S/C19H16ClNO3.Na/c1-11-7-16(18(24-2)10-15(11)20)21-19(23)14-8-12-5-3-4-6-13(12)9-17(14)22;/h3-10,22H,1-2H3,(H,21,23);. The third-order valence-corrected chi connectivity index (χ3v) is 4.24. The number of anilines is 1. The van der Waals surface area contributed by atoms with Gasteiger partial charge in [-0.1, -0.05) is 35.9 Å². The van der Waals surface area contributed by atoms with Gasteiger partial charge in [-0.05, 0) is 41.5 Å². The first kappa shape index (κ1) is 19.6. The largest absolute Gasteiger partial charge is 0.507 e. The first-order valence-corrected chi connectivity index (χ1v) is 7.74. The molecule has 0 spiro atoms. The number of aryl methyl sites for hydroxylation is 1. The van der Waals surface area contributed by atoms with Gasteiger partial charge < -0.3 is 15.2 Å². The van der Waals surface area contributed by atoms with Crippen molar-refractivity contribution in [1.82, 2.24) is 0 Å². The topological polar surface area (TPSA) is 58.6 Å². The fourth-order valence-electron chi connectivity index (χ4n) is 2.53. The van der Waals surface area contributed by atoms with Crippen LogP contribution in [0, 0.1) is 6.92 Å². The Bertz CT molecular complexity index is 943. The van der Waals surface area contributed by atoms with E-state index in [-0.39, 0.29) is 40.9 Å². The molecule has 3 aromatic carbocycles. The van der Waals surface area contributed by atoms with Gasteiger partial charge in [0.05, 0.1) is 18.4 Å². The van der Waals surface area contributed by atoms with E-state index in [1.807, 2.05) is 31.2 Å². The Balaban J connectivity index is 0.00000225. The number of hydrogen-bond donors (Lipinski definition) is 2. The maximum absolute atomic E-state index is 12.6. The molecule has 2 N–H and O–H groups in total. The van der Waals surface area contributed by atoms with Gasteiger partial charge in [-0.2, -0.15) is 0 Å². The van der Waals surface area contributed by atoms with Crippen molar-refractivity contribution in [1.29, 1.82) is 0 Å². The average molecular weight is 365 g/mol. The van der Waals surface area contributed by atoms with Crippen molar-refractivity contribution >= 4 is 63.5 Å². The van der Waals surface area contributed by atoms with Crippen LogP contribution < -0.4 is 10.1 Å². The zero-order valence-electron chi connectivity index (χ0n) is 14.3. The van der Waals surface area contributed by atoms with E-state index in [0.29, 0.717) is 16.5 Å². The van der Waals surface area contributed by atoms with Crippen LogP contribution in [0.15, 0.2) is 48.5 Å². The minimum Gasteiger partial charge on any atom is -0.507 e. The van der Waals surface area contributed by atoms with E-state index in [1.165, 1.54) is 7.11 Å².